The van der Waals surface area contributed by atoms with E-state index in [0.717, 1.165) is 17.2 Å². The number of unbranched alkanes of at least 4 members (excludes halogenated alkanes) is 1. The van der Waals surface area contributed by atoms with Crippen LogP contribution < -0.4 is 5.32 Å². The Bertz CT molecular complexity index is 427. The highest BCUT2D eigenvalue weighted by molar-refractivity contribution is 7.08. The zero-order valence-corrected chi connectivity index (χ0v) is 11.1. The molecule has 0 bridgehead atoms. The van der Waals surface area contributed by atoms with Gasteiger partial charge in [0.25, 0.3) is 5.91 Å². The fraction of sp³-hybridized carbons (Fsp3) is 0.636. The van der Waals surface area contributed by atoms with Crippen molar-refractivity contribution < 1.29 is 4.79 Å². The fourth-order valence-electron chi connectivity index (χ4n) is 1.28. The van der Waals surface area contributed by atoms with Gasteiger partial charge in [-0.25, -0.2) is 0 Å². The lowest BCUT2D eigenvalue weighted by molar-refractivity contribution is 0.0955. The van der Waals surface area contributed by atoms with Crippen molar-refractivity contribution >= 4 is 17.4 Å². The zero-order valence-electron chi connectivity index (χ0n) is 10.3. The molecule has 6 heteroatoms. The molecule has 0 atom stereocenters. The first-order valence-electron chi connectivity index (χ1n) is 5.45. The van der Waals surface area contributed by atoms with E-state index in [1.54, 1.807) is 0 Å². The van der Waals surface area contributed by atoms with Crippen LogP contribution in [-0.2, 0) is 5.41 Å². The van der Waals surface area contributed by atoms with Crippen LogP contribution >= 0.6 is 11.5 Å². The average Bonchev–Trinajstić information content (AvgIpc) is 2.72. The number of aromatic nitrogens is 2. The van der Waals surface area contributed by atoms with Crippen LogP contribution in [0, 0.1) is 11.3 Å². The molecule has 0 radical (unpaired) electrons. The third kappa shape index (κ3) is 3.79. The molecule has 0 spiro atoms. The maximum absolute atomic E-state index is 11.9. The van der Waals surface area contributed by atoms with Gasteiger partial charge in [0.1, 0.15) is 4.88 Å². The SMILES string of the molecule is CC(C)(C)c1nnsc1C(=O)NCCCC#N. The molecule has 0 saturated heterocycles. The monoisotopic (exact) mass is 252 g/mol. The molecule has 0 unspecified atom stereocenters. The molecule has 0 aliphatic heterocycles. The van der Waals surface area contributed by atoms with E-state index < -0.39 is 0 Å². The number of nitriles is 1. The normalized spacial score (nSPS) is 10.9. The van der Waals surface area contributed by atoms with Gasteiger partial charge in [-0.1, -0.05) is 25.3 Å². The Morgan fingerprint density at radius 2 is 2.24 bits per heavy atom. The first kappa shape index (κ1) is 13.6. The third-order valence-electron chi connectivity index (χ3n) is 2.16. The number of hydrogen-bond donors (Lipinski definition) is 1. The maximum Gasteiger partial charge on any atom is 0.264 e. The van der Waals surface area contributed by atoms with Crippen LogP contribution in [0.1, 0.15) is 49.0 Å². The van der Waals surface area contributed by atoms with Gasteiger partial charge in [0, 0.05) is 18.4 Å². The van der Waals surface area contributed by atoms with Crippen LogP contribution in [-0.4, -0.2) is 22.0 Å². The Labute approximate surface area is 105 Å². The lowest BCUT2D eigenvalue weighted by Gasteiger charge is -2.16. The number of carbonyl (C=O) groups is 1. The van der Waals surface area contributed by atoms with Crippen molar-refractivity contribution in [3.8, 4) is 6.07 Å². The quantitative estimate of drug-likeness (QED) is 0.830. The fourth-order valence-corrected chi connectivity index (χ4v) is 2.07. The van der Waals surface area contributed by atoms with Crippen molar-refractivity contribution in [3.05, 3.63) is 10.6 Å². The largest absolute Gasteiger partial charge is 0.351 e. The van der Waals surface area contributed by atoms with Gasteiger partial charge < -0.3 is 5.32 Å². The van der Waals surface area contributed by atoms with Crippen molar-refractivity contribution in [1.29, 1.82) is 5.26 Å². The van der Waals surface area contributed by atoms with Crippen LogP contribution in [0.2, 0.25) is 0 Å². The number of hydrogen-bond acceptors (Lipinski definition) is 5. The Kier molecular flexibility index (Phi) is 4.58. The van der Waals surface area contributed by atoms with E-state index in [1.165, 1.54) is 0 Å². The molecule has 1 N–H and O–H groups in total. The standard InChI is InChI=1S/C11H16N4OS/c1-11(2,3)9-8(17-15-14-9)10(16)13-7-5-4-6-12/h4-5,7H2,1-3H3,(H,13,16). The van der Waals surface area contributed by atoms with Crippen molar-refractivity contribution in [3.63, 3.8) is 0 Å². The maximum atomic E-state index is 11.9. The van der Waals surface area contributed by atoms with Gasteiger partial charge in [-0.15, -0.1) is 5.10 Å². The van der Waals surface area contributed by atoms with E-state index >= 15 is 0 Å². The van der Waals surface area contributed by atoms with E-state index in [-0.39, 0.29) is 11.3 Å². The molecule has 1 aromatic rings. The molecule has 0 aliphatic carbocycles. The second kappa shape index (κ2) is 5.73. The summed E-state index contributed by atoms with van der Waals surface area (Å²) in [4.78, 5) is 12.4. The van der Waals surface area contributed by atoms with Crippen LogP contribution in [0.4, 0.5) is 0 Å². The first-order valence-corrected chi connectivity index (χ1v) is 6.22. The number of carbonyl (C=O) groups excluding carboxylic acids is 1. The molecule has 1 rings (SSSR count). The van der Waals surface area contributed by atoms with Gasteiger partial charge in [-0.2, -0.15) is 5.26 Å². The van der Waals surface area contributed by atoms with Gasteiger partial charge in [0.2, 0.25) is 0 Å². The molecular formula is C11H16N4OS. The molecule has 0 fully saturated rings. The predicted octanol–water partition coefficient (Wildman–Crippen LogP) is 1.87. The summed E-state index contributed by atoms with van der Waals surface area (Å²) in [5.74, 6) is -0.150. The minimum absolute atomic E-state index is 0.150. The molecule has 1 aromatic heterocycles. The van der Waals surface area contributed by atoms with Crippen molar-refractivity contribution in [1.82, 2.24) is 14.9 Å². The highest BCUT2D eigenvalue weighted by Crippen LogP contribution is 2.25. The number of nitrogens with zero attached hydrogens (tertiary/aromatic N) is 3. The third-order valence-corrected chi connectivity index (χ3v) is 2.88. The summed E-state index contributed by atoms with van der Waals surface area (Å²) < 4.78 is 3.83. The summed E-state index contributed by atoms with van der Waals surface area (Å²) >= 11 is 1.11. The van der Waals surface area contributed by atoms with E-state index in [1.807, 2.05) is 26.8 Å². The van der Waals surface area contributed by atoms with Gasteiger partial charge >= 0.3 is 0 Å². The highest BCUT2D eigenvalue weighted by Gasteiger charge is 2.25. The number of amides is 1. The van der Waals surface area contributed by atoms with E-state index in [4.69, 9.17) is 5.26 Å². The van der Waals surface area contributed by atoms with Gasteiger partial charge in [0.05, 0.1) is 11.8 Å². The summed E-state index contributed by atoms with van der Waals surface area (Å²) in [7, 11) is 0. The van der Waals surface area contributed by atoms with Gasteiger partial charge in [-0.05, 0) is 18.0 Å². The van der Waals surface area contributed by atoms with Crippen LogP contribution in [0.25, 0.3) is 0 Å². The summed E-state index contributed by atoms with van der Waals surface area (Å²) in [5.41, 5.74) is 0.534. The Hall–Kier alpha value is -1.48. The molecule has 1 amide bonds. The zero-order chi connectivity index (χ0) is 12.9. The summed E-state index contributed by atoms with van der Waals surface area (Å²) in [6.45, 7) is 6.50. The highest BCUT2D eigenvalue weighted by atomic mass is 32.1. The van der Waals surface area contributed by atoms with E-state index in [0.29, 0.717) is 24.3 Å². The van der Waals surface area contributed by atoms with Crippen LogP contribution in [0.5, 0.6) is 0 Å². The molecule has 17 heavy (non-hydrogen) atoms. The van der Waals surface area contributed by atoms with Crippen LogP contribution in [0.15, 0.2) is 0 Å². The van der Waals surface area contributed by atoms with E-state index in [2.05, 4.69) is 14.9 Å². The summed E-state index contributed by atoms with van der Waals surface area (Å²) in [6.07, 6.45) is 1.12. The minimum Gasteiger partial charge on any atom is -0.351 e. The van der Waals surface area contributed by atoms with Crippen molar-refractivity contribution in [2.24, 2.45) is 0 Å². The Balaban J connectivity index is 2.64. The van der Waals surface area contributed by atoms with Gasteiger partial charge in [0.15, 0.2) is 0 Å². The summed E-state index contributed by atoms with van der Waals surface area (Å²) in [6, 6.07) is 2.04. The van der Waals surface area contributed by atoms with Gasteiger partial charge in [-0.3, -0.25) is 4.79 Å². The lowest BCUT2D eigenvalue weighted by atomic mass is 9.91. The molecule has 1 heterocycles. The predicted molar refractivity (Wildman–Crippen MR) is 65.8 cm³/mol. The Morgan fingerprint density at radius 3 is 2.82 bits per heavy atom. The molecule has 0 aromatic carbocycles. The first-order chi connectivity index (χ1) is 7.96. The van der Waals surface area contributed by atoms with Crippen LogP contribution in [0.3, 0.4) is 0 Å². The molecule has 0 aliphatic rings. The molecule has 0 saturated carbocycles. The smallest absolute Gasteiger partial charge is 0.264 e. The molecular weight excluding hydrogens is 236 g/mol. The number of nitrogens with one attached hydrogen (secondary N) is 1. The second-order valence-corrected chi connectivity index (χ2v) is 5.47. The topological polar surface area (TPSA) is 78.7 Å². The average molecular weight is 252 g/mol. The molecule has 92 valence electrons. The summed E-state index contributed by atoms with van der Waals surface area (Å²) in [5, 5.41) is 15.2. The van der Waals surface area contributed by atoms with E-state index in [9.17, 15) is 4.79 Å². The van der Waals surface area contributed by atoms with Crippen molar-refractivity contribution in [2.45, 2.75) is 39.0 Å². The van der Waals surface area contributed by atoms with Crippen molar-refractivity contribution in [2.75, 3.05) is 6.54 Å². The second-order valence-electron chi connectivity index (χ2n) is 4.72. The molecule has 5 nitrogen and oxygen atoms in total. The lowest BCUT2D eigenvalue weighted by Crippen LogP contribution is -2.26. The Morgan fingerprint density at radius 1 is 1.53 bits per heavy atom. The number of rotatable bonds is 4. The minimum atomic E-state index is -0.188.